The van der Waals surface area contributed by atoms with Crippen molar-refractivity contribution in [2.75, 3.05) is 26.3 Å². The number of benzene rings is 1. The molecule has 0 saturated carbocycles. The average molecular weight is 316 g/mol. The van der Waals surface area contributed by atoms with Crippen LogP contribution in [0.25, 0.3) is 0 Å². The van der Waals surface area contributed by atoms with Gasteiger partial charge in [-0.25, -0.2) is 0 Å². The Bertz CT molecular complexity index is 499. The summed E-state index contributed by atoms with van der Waals surface area (Å²) in [6.07, 6.45) is 5.07. The molecule has 2 atom stereocenters. The van der Waals surface area contributed by atoms with Gasteiger partial charge in [0, 0.05) is 26.3 Å². The lowest BCUT2D eigenvalue weighted by molar-refractivity contribution is -0.134. The van der Waals surface area contributed by atoms with Crippen LogP contribution in [0.5, 0.6) is 0 Å². The van der Waals surface area contributed by atoms with Gasteiger partial charge >= 0.3 is 0 Å². The van der Waals surface area contributed by atoms with Crippen LogP contribution in [0.1, 0.15) is 43.6 Å². The molecule has 1 aromatic carbocycles. The van der Waals surface area contributed by atoms with E-state index in [-0.39, 0.29) is 17.9 Å². The second-order valence-electron chi connectivity index (χ2n) is 6.84. The maximum atomic E-state index is 12.8. The average Bonchev–Trinajstić information content (AvgIpc) is 2.88. The van der Waals surface area contributed by atoms with Crippen molar-refractivity contribution >= 4 is 5.91 Å². The summed E-state index contributed by atoms with van der Waals surface area (Å²) in [5, 5.41) is 0. The number of ether oxygens (including phenoxy) is 1. The first-order valence-electron chi connectivity index (χ1n) is 8.93. The van der Waals surface area contributed by atoms with Crippen LogP contribution in [0, 0.1) is 5.92 Å². The molecule has 2 unspecified atom stereocenters. The van der Waals surface area contributed by atoms with E-state index in [0.717, 1.165) is 58.4 Å². The Morgan fingerprint density at radius 3 is 2.57 bits per heavy atom. The topological polar surface area (TPSA) is 55.6 Å². The first kappa shape index (κ1) is 16.5. The Morgan fingerprint density at radius 2 is 1.83 bits per heavy atom. The van der Waals surface area contributed by atoms with Crippen molar-refractivity contribution < 1.29 is 9.53 Å². The number of likely N-dealkylation sites (tertiary alicyclic amines) is 1. The molecule has 4 heteroatoms. The molecule has 0 aliphatic carbocycles. The van der Waals surface area contributed by atoms with Crippen molar-refractivity contribution in [1.82, 2.24) is 4.90 Å². The number of nitrogens with two attached hydrogens (primary N) is 1. The molecule has 1 amide bonds. The minimum absolute atomic E-state index is 0.144. The Balaban J connectivity index is 1.57. The summed E-state index contributed by atoms with van der Waals surface area (Å²) in [4.78, 5) is 14.8. The van der Waals surface area contributed by atoms with Gasteiger partial charge in [-0.3, -0.25) is 4.79 Å². The molecule has 4 nitrogen and oxygen atoms in total. The third kappa shape index (κ3) is 4.12. The van der Waals surface area contributed by atoms with Gasteiger partial charge in [-0.2, -0.15) is 0 Å². The number of hydrogen-bond acceptors (Lipinski definition) is 3. The van der Waals surface area contributed by atoms with Gasteiger partial charge in [0.1, 0.15) is 0 Å². The highest BCUT2D eigenvalue weighted by atomic mass is 16.5. The SMILES string of the molecule is NC(C(=O)N1CCCC(c2ccccc2)CC1)C1CCOCC1. The highest BCUT2D eigenvalue weighted by Crippen LogP contribution is 2.28. The second kappa shape index (κ2) is 7.93. The van der Waals surface area contributed by atoms with E-state index in [1.165, 1.54) is 5.56 Å². The lowest BCUT2D eigenvalue weighted by Gasteiger charge is -2.31. The fourth-order valence-electron chi connectivity index (χ4n) is 3.86. The molecule has 3 rings (SSSR count). The van der Waals surface area contributed by atoms with Crippen molar-refractivity contribution in [3.05, 3.63) is 35.9 Å². The summed E-state index contributed by atoms with van der Waals surface area (Å²) in [6, 6.07) is 10.3. The summed E-state index contributed by atoms with van der Waals surface area (Å²) in [7, 11) is 0. The highest BCUT2D eigenvalue weighted by molar-refractivity contribution is 5.82. The Hall–Kier alpha value is -1.39. The van der Waals surface area contributed by atoms with Crippen molar-refractivity contribution in [3.8, 4) is 0 Å². The molecule has 2 fully saturated rings. The molecule has 126 valence electrons. The van der Waals surface area contributed by atoms with Crippen LogP contribution in [0.4, 0.5) is 0 Å². The lowest BCUT2D eigenvalue weighted by atomic mass is 9.91. The Labute approximate surface area is 139 Å². The third-order valence-electron chi connectivity index (χ3n) is 5.37. The summed E-state index contributed by atoms with van der Waals surface area (Å²) < 4.78 is 5.38. The Kier molecular flexibility index (Phi) is 5.68. The van der Waals surface area contributed by atoms with Gasteiger partial charge in [-0.05, 0) is 49.5 Å². The zero-order chi connectivity index (χ0) is 16.1. The molecule has 23 heavy (non-hydrogen) atoms. The maximum absolute atomic E-state index is 12.8. The Morgan fingerprint density at radius 1 is 1.09 bits per heavy atom. The number of carbonyl (C=O) groups is 1. The predicted molar refractivity (Wildman–Crippen MR) is 91.1 cm³/mol. The maximum Gasteiger partial charge on any atom is 0.239 e. The van der Waals surface area contributed by atoms with E-state index in [1.807, 2.05) is 4.90 Å². The summed E-state index contributed by atoms with van der Waals surface area (Å²) in [5.74, 6) is 0.989. The number of hydrogen-bond donors (Lipinski definition) is 1. The molecule has 2 heterocycles. The lowest BCUT2D eigenvalue weighted by Crippen LogP contribution is -2.49. The third-order valence-corrected chi connectivity index (χ3v) is 5.37. The molecule has 2 aliphatic heterocycles. The van der Waals surface area contributed by atoms with E-state index < -0.39 is 0 Å². The first-order valence-corrected chi connectivity index (χ1v) is 8.93. The zero-order valence-electron chi connectivity index (χ0n) is 13.8. The second-order valence-corrected chi connectivity index (χ2v) is 6.84. The monoisotopic (exact) mass is 316 g/mol. The molecule has 2 aliphatic rings. The van der Waals surface area contributed by atoms with Crippen LogP contribution in [0.15, 0.2) is 30.3 Å². The van der Waals surface area contributed by atoms with Gasteiger partial charge in [-0.1, -0.05) is 30.3 Å². The standard InChI is InChI=1S/C19H28N2O2/c20-18(17-9-13-23-14-10-17)19(22)21-11-4-7-16(8-12-21)15-5-2-1-3-6-15/h1-3,5-6,16-18H,4,7-14,20H2. The normalized spacial score (nSPS) is 24.9. The van der Waals surface area contributed by atoms with Gasteiger partial charge in [0.15, 0.2) is 0 Å². The molecular weight excluding hydrogens is 288 g/mol. The van der Waals surface area contributed by atoms with E-state index in [9.17, 15) is 4.79 Å². The fraction of sp³-hybridized carbons (Fsp3) is 0.632. The van der Waals surface area contributed by atoms with Gasteiger partial charge in [0.05, 0.1) is 6.04 Å². The van der Waals surface area contributed by atoms with E-state index in [0.29, 0.717) is 5.92 Å². The zero-order valence-corrected chi connectivity index (χ0v) is 13.8. The van der Waals surface area contributed by atoms with Crippen molar-refractivity contribution in [3.63, 3.8) is 0 Å². The minimum Gasteiger partial charge on any atom is -0.381 e. The molecule has 2 N–H and O–H groups in total. The van der Waals surface area contributed by atoms with Gasteiger partial charge < -0.3 is 15.4 Å². The van der Waals surface area contributed by atoms with Crippen molar-refractivity contribution in [2.45, 2.75) is 44.1 Å². The van der Waals surface area contributed by atoms with Crippen LogP contribution in [-0.2, 0) is 9.53 Å². The number of rotatable bonds is 3. The van der Waals surface area contributed by atoms with E-state index in [4.69, 9.17) is 10.5 Å². The number of carbonyl (C=O) groups excluding carboxylic acids is 1. The summed E-state index contributed by atoms with van der Waals surface area (Å²) in [5.41, 5.74) is 7.67. The van der Waals surface area contributed by atoms with Crippen molar-refractivity contribution in [1.29, 1.82) is 0 Å². The summed E-state index contributed by atoms with van der Waals surface area (Å²) >= 11 is 0. The van der Waals surface area contributed by atoms with E-state index in [2.05, 4.69) is 30.3 Å². The molecule has 0 aromatic heterocycles. The van der Waals surface area contributed by atoms with E-state index >= 15 is 0 Å². The summed E-state index contributed by atoms with van der Waals surface area (Å²) in [6.45, 7) is 3.15. The molecule has 0 bridgehead atoms. The van der Waals surface area contributed by atoms with E-state index in [1.54, 1.807) is 0 Å². The first-order chi connectivity index (χ1) is 11.3. The highest BCUT2D eigenvalue weighted by Gasteiger charge is 2.31. The molecule has 0 spiro atoms. The molecule has 2 saturated heterocycles. The molecule has 0 radical (unpaired) electrons. The number of nitrogens with zero attached hydrogens (tertiary/aromatic N) is 1. The fourth-order valence-corrected chi connectivity index (χ4v) is 3.86. The molecular formula is C19H28N2O2. The largest absolute Gasteiger partial charge is 0.381 e. The predicted octanol–water partition coefficient (Wildman–Crippen LogP) is 2.54. The smallest absolute Gasteiger partial charge is 0.239 e. The number of amides is 1. The van der Waals surface area contributed by atoms with Crippen LogP contribution in [0.2, 0.25) is 0 Å². The van der Waals surface area contributed by atoms with Crippen LogP contribution in [0.3, 0.4) is 0 Å². The van der Waals surface area contributed by atoms with Gasteiger partial charge in [0.25, 0.3) is 0 Å². The van der Waals surface area contributed by atoms with Crippen LogP contribution >= 0.6 is 0 Å². The minimum atomic E-state index is -0.354. The quantitative estimate of drug-likeness (QED) is 0.932. The van der Waals surface area contributed by atoms with Crippen LogP contribution in [-0.4, -0.2) is 43.2 Å². The van der Waals surface area contributed by atoms with Gasteiger partial charge in [0.2, 0.25) is 5.91 Å². The van der Waals surface area contributed by atoms with Crippen molar-refractivity contribution in [2.24, 2.45) is 11.7 Å². The molecule has 1 aromatic rings. The van der Waals surface area contributed by atoms with Gasteiger partial charge in [-0.15, -0.1) is 0 Å². The van der Waals surface area contributed by atoms with Crippen LogP contribution < -0.4 is 5.73 Å².